The van der Waals surface area contributed by atoms with E-state index >= 15 is 0 Å². The highest BCUT2D eigenvalue weighted by atomic mass is 16.5. The van der Waals surface area contributed by atoms with Gasteiger partial charge in [-0.1, -0.05) is 11.6 Å². The molecule has 0 saturated heterocycles. The van der Waals surface area contributed by atoms with Crippen LogP contribution in [-0.4, -0.2) is 40.8 Å². The maximum Gasteiger partial charge on any atom is 0.227 e. The van der Waals surface area contributed by atoms with E-state index in [1.807, 2.05) is 17.2 Å². The van der Waals surface area contributed by atoms with Crippen molar-refractivity contribution >= 4 is 5.91 Å². The van der Waals surface area contributed by atoms with Gasteiger partial charge in [-0.25, -0.2) is 0 Å². The highest BCUT2D eigenvalue weighted by molar-refractivity contribution is 5.78. The van der Waals surface area contributed by atoms with Crippen LogP contribution in [0.4, 0.5) is 0 Å². The summed E-state index contributed by atoms with van der Waals surface area (Å²) in [6.07, 6.45) is 10.3. The van der Waals surface area contributed by atoms with E-state index in [9.17, 15) is 4.79 Å². The molecule has 1 amide bonds. The first-order chi connectivity index (χ1) is 10.8. The maximum atomic E-state index is 12.6. The first kappa shape index (κ1) is 15.3. The summed E-state index contributed by atoms with van der Waals surface area (Å²) in [7, 11) is 1.71. The summed E-state index contributed by atoms with van der Waals surface area (Å²) in [5.74, 6) is 0.253. The molecule has 5 nitrogen and oxygen atoms in total. The first-order valence-corrected chi connectivity index (χ1v) is 8.25. The summed E-state index contributed by atoms with van der Waals surface area (Å²) in [6.45, 7) is 2.11. The zero-order valence-corrected chi connectivity index (χ0v) is 13.3. The van der Waals surface area contributed by atoms with Crippen LogP contribution in [-0.2, 0) is 16.1 Å². The third kappa shape index (κ3) is 3.40. The number of allylic oxidation sites excluding steroid dienone is 1. The highest BCUT2D eigenvalue weighted by Crippen LogP contribution is 2.26. The van der Waals surface area contributed by atoms with E-state index in [4.69, 9.17) is 4.74 Å². The molecule has 22 heavy (non-hydrogen) atoms. The number of carbonyl (C=O) groups excluding carboxylic acids is 1. The van der Waals surface area contributed by atoms with Crippen LogP contribution >= 0.6 is 0 Å². The fourth-order valence-electron chi connectivity index (χ4n) is 3.42. The molecule has 1 aliphatic carbocycles. The summed E-state index contributed by atoms with van der Waals surface area (Å²) in [5, 5.41) is 4.41. The van der Waals surface area contributed by atoms with E-state index in [0.29, 0.717) is 19.6 Å². The Bertz CT molecular complexity index is 550. The number of fused-ring (bicyclic) bond motifs is 1. The van der Waals surface area contributed by atoms with E-state index in [2.05, 4.69) is 15.9 Å². The molecule has 120 valence electrons. The van der Waals surface area contributed by atoms with Gasteiger partial charge < -0.3 is 9.64 Å². The normalized spacial score (nSPS) is 21.4. The molecule has 1 atom stereocenters. The molecule has 1 aromatic heterocycles. The molecule has 2 aliphatic rings. The van der Waals surface area contributed by atoms with Gasteiger partial charge in [0.15, 0.2) is 0 Å². The van der Waals surface area contributed by atoms with E-state index in [1.165, 1.54) is 18.4 Å². The van der Waals surface area contributed by atoms with Crippen molar-refractivity contribution in [3.63, 3.8) is 0 Å². The summed E-state index contributed by atoms with van der Waals surface area (Å²) in [4.78, 5) is 14.6. The molecule has 3 rings (SSSR count). The number of nitrogens with zero attached hydrogens (tertiary/aromatic N) is 3. The highest BCUT2D eigenvalue weighted by Gasteiger charge is 2.28. The Labute approximate surface area is 131 Å². The predicted molar refractivity (Wildman–Crippen MR) is 84.3 cm³/mol. The number of rotatable bonds is 5. The monoisotopic (exact) mass is 303 g/mol. The van der Waals surface area contributed by atoms with Gasteiger partial charge in [0.25, 0.3) is 0 Å². The SMILES string of the molecule is COCCC1CN(C(=O)CC2=CCCCC2)Cc2ccnn21. The van der Waals surface area contributed by atoms with E-state index in [1.54, 1.807) is 7.11 Å². The molecule has 2 heterocycles. The fourth-order valence-corrected chi connectivity index (χ4v) is 3.42. The molecule has 0 saturated carbocycles. The average molecular weight is 303 g/mol. The molecular weight excluding hydrogens is 278 g/mol. The van der Waals surface area contributed by atoms with Crippen LogP contribution < -0.4 is 0 Å². The Kier molecular flexibility index (Phi) is 4.93. The van der Waals surface area contributed by atoms with Crippen molar-refractivity contribution in [2.75, 3.05) is 20.3 Å². The van der Waals surface area contributed by atoms with Gasteiger partial charge in [0.2, 0.25) is 5.91 Å². The van der Waals surface area contributed by atoms with E-state index < -0.39 is 0 Å². The van der Waals surface area contributed by atoms with Crippen LogP contribution in [0.2, 0.25) is 0 Å². The number of aromatic nitrogens is 2. The van der Waals surface area contributed by atoms with Gasteiger partial charge in [-0.05, 0) is 38.2 Å². The lowest BCUT2D eigenvalue weighted by Gasteiger charge is -2.34. The standard InChI is InChI=1S/C17H25N3O2/c1-22-10-8-16-13-19(12-15-7-9-18-20(15)16)17(21)11-14-5-3-2-4-6-14/h5,7,9,16H,2-4,6,8,10-13H2,1H3. The largest absolute Gasteiger partial charge is 0.385 e. The van der Waals surface area contributed by atoms with Crippen LogP contribution in [0.25, 0.3) is 0 Å². The Morgan fingerprint density at radius 2 is 2.36 bits per heavy atom. The van der Waals surface area contributed by atoms with Gasteiger partial charge in [-0.3, -0.25) is 9.48 Å². The molecule has 1 aliphatic heterocycles. The van der Waals surface area contributed by atoms with Crippen molar-refractivity contribution in [3.8, 4) is 0 Å². The predicted octanol–water partition coefficient (Wildman–Crippen LogP) is 2.69. The molecular formula is C17H25N3O2. The van der Waals surface area contributed by atoms with Crippen molar-refractivity contribution in [3.05, 3.63) is 29.6 Å². The van der Waals surface area contributed by atoms with Gasteiger partial charge >= 0.3 is 0 Å². The van der Waals surface area contributed by atoms with Crippen molar-refractivity contribution < 1.29 is 9.53 Å². The number of carbonyl (C=O) groups is 1. The van der Waals surface area contributed by atoms with Gasteiger partial charge in [0, 0.05) is 32.9 Å². The number of amides is 1. The van der Waals surface area contributed by atoms with Crippen LogP contribution in [0.3, 0.4) is 0 Å². The molecule has 5 heteroatoms. The van der Waals surface area contributed by atoms with Crippen LogP contribution in [0.15, 0.2) is 23.9 Å². The minimum absolute atomic E-state index is 0.225. The lowest BCUT2D eigenvalue weighted by molar-refractivity contribution is -0.132. The van der Waals surface area contributed by atoms with Crippen molar-refractivity contribution in [1.82, 2.24) is 14.7 Å². The van der Waals surface area contributed by atoms with E-state index in [-0.39, 0.29) is 11.9 Å². The first-order valence-electron chi connectivity index (χ1n) is 8.25. The Balaban J connectivity index is 1.67. The maximum absolute atomic E-state index is 12.6. The van der Waals surface area contributed by atoms with Crippen LogP contribution in [0.1, 0.15) is 50.3 Å². The molecule has 0 spiro atoms. The molecule has 0 bridgehead atoms. The summed E-state index contributed by atoms with van der Waals surface area (Å²) in [6, 6.07) is 2.24. The zero-order valence-electron chi connectivity index (χ0n) is 13.3. The van der Waals surface area contributed by atoms with Crippen LogP contribution in [0.5, 0.6) is 0 Å². The molecule has 0 N–H and O–H groups in total. The minimum atomic E-state index is 0.225. The second kappa shape index (κ2) is 7.09. The third-order valence-electron chi connectivity index (χ3n) is 4.65. The lowest BCUT2D eigenvalue weighted by Crippen LogP contribution is -2.41. The topological polar surface area (TPSA) is 47.4 Å². The third-order valence-corrected chi connectivity index (χ3v) is 4.65. The Hall–Kier alpha value is -1.62. The van der Waals surface area contributed by atoms with Crippen LogP contribution in [0, 0.1) is 0 Å². The number of hydrogen-bond donors (Lipinski definition) is 0. The van der Waals surface area contributed by atoms with Crippen molar-refractivity contribution in [2.24, 2.45) is 0 Å². The molecule has 0 fully saturated rings. The quantitative estimate of drug-likeness (QED) is 0.786. The lowest BCUT2D eigenvalue weighted by atomic mass is 9.96. The summed E-state index contributed by atoms with van der Waals surface area (Å²) in [5.41, 5.74) is 2.45. The number of hydrogen-bond acceptors (Lipinski definition) is 3. The molecule has 0 aromatic carbocycles. The second-order valence-electron chi connectivity index (χ2n) is 6.26. The molecule has 1 unspecified atom stereocenters. The minimum Gasteiger partial charge on any atom is -0.385 e. The van der Waals surface area contributed by atoms with Gasteiger partial charge in [-0.2, -0.15) is 5.10 Å². The second-order valence-corrected chi connectivity index (χ2v) is 6.26. The Morgan fingerprint density at radius 1 is 1.45 bits per heavy atom. The fraction of sp³-hybridized carbons (Fsp3) is 0.647. The zero-order chi connectivity index (χ0) is 15.4. The molecule has 1 aromatic rings. The Morgan fingerprint density at radius 3 is 3.14 bits per heavy atom. The van der Waals surface area contributed by atoms with E-state index in [0.717, 1.165) is 31.5 Å². The number of methoxy groups -OCH3 is 1. The smallest absolute Gasteiger partial charge is 0.227 e. The van der Waals surface area contributed by atoms with Gasteiger partial charge in [0.05, 0.1) is 18.3 Å². The summed E-state index contributed by atoms with van der Waals surface area (Å²) < 4.78 is 7.26. The average Bonchev–Trinajstić information content (AvgIpc) is 3.02. The molecule has 0 radical (unpaired) electrons. The van der Waals surface area contributed by atoms with Crippen molar-refractivity contribution in [1.29, 1.82) is 0 Å². The van der Waals surface area contributed by atoms with Gasteiger partial charge in [-0.15, -0.1) is 0 Å². The summed E-state index contributed by atoms with van der Waals surface area (Å²) >= 11 is 0. The number of ether oxygens (including phenoxy) is 1. The van der Waals surface area contributed by atoms with Gasteiger partial charge in [0.1, 0.15) is 0 Å². The van der Waals surface area contributed by atoms with Crippen molar-refractivity contribution in [2.45, 2.75) is 51.1 Å².